The fourth-order valence-electron chi connectivity index (χ4n) is 2.87. The average molecular weight is 275 g/mol. The van der Waals surface area contributed by atoms with Crippen molar-refractivity contribution < 1.29 is 11.0 Å². The van der Waals surface area contributed by atoms with E-state index >= 15 is 0 Å². The fourth-order valence-corrected chi connectivity index (χ4v) is 2.87. The van der Waals surface area contributed by atoms with Gasteiger partial charge in [0.1, 0.15) is 0 Å². The van der Waals surface area contributed by atoms with E-state index in [0.29, 0.717) is 12.8 Å². The standard InChI is InChI=1S/C15H19N3O2.H2/c19-14-5-4-13(15(20)17-14)11-2-1-3-12(10-11)18-8-6-16-7-9-18;/h1-3,10,13,16H,4-9H2,(H,17,19,20);1H. The van der Waals surface area contributed by atoms with Gasteiger partial charge in [0.2, 0.25) is 11.8 Å². The summed E-state index contributed by atoms with van der Waals surface area (Å²) in [5.74, 6) is -0.529. The largest absolute Gasteiger partial charge is 0.369 e. The zero-order valence-electron chi connectivity index (χ0n) is 11.4. The van der Waals surface area contributed by atoms with Crippen LogP contribution in [-0.4, -0.2) is 38.0 Å². The number of nitrogens with one attached hydrogen (secondary N) is 2. The van der Waals surface area contributed by atoms with Crippen LogP contribution < -0.4 is 15.5 Å². The van der Waals surface area contributed by atoms with Gasteiger partial charge in [-0.05, 0) is 24.1 Å². The summed E-state index contributed by atoms with van der Waals surface area (Å²) in [5.41, 5.74) is 2.17. The highest BCUT2D eigenvalue weighted by molar-refractivity contribution is 6.01. The summed E-state index contributed by atoms with van der Waals surface area (Å²) in [4.78, 5) is 25.5. The molecule has 2 N–H and O–H groups in total. The molecule has 2 aliphatic rings. The molecule has 1 aromatic rings. The maximum Gasteiger partial charge on any atom is 0.234 e. The van der Waals surface area contributed by atoms with Crippen molar-refractivity contribution in [3.8, 4) is 0 Å². The van der Waals surface area contributed by atoms with Crippen LogP contribution in [0.5, 0.6) is 0 Å². The van der Waals surface area contributed by atoms with Crippen LogP contribution in [0.1, 0.15) is 25.7 Å². The number of piperidine rings is 1. The fraction of sp³-hybridized carbons (Fsp3) is 0.467. The molecule has 1 atom stereocenters. The molecule has 2 saturated heterocycles. The van der Waals surface area contributed by atoms with Crippen LogP contribution in [0.4, 0.5) is 5.69 Å². The summed E-state index contributed by atoms with van der Waals surface area (Å²) in [6, 6.07) is 8.15. The van der Waals surface area contributed by atoms with Gasteiger partial charge in [0, 0.05) is 39.7 Å². The lowest BCUT2D eigenvalue weighted by Gasteiger charge is -2.30. The Morgan fingerprint density at radius 2 is 2.00 bits per heavy atom. The van der Waals surface area contributed by atoms with Crippen LogP contribution in [0.3, 0.4) is 0 Å². The molecule has 5 heteroatoms. The molecule has 5 nitrogen and oxygen atoms in total. The highest BCUT2D eigenvalue weighted by Crippen LogP contribution is 2.28. The van der Waals surface area contributed by atoms with Crippen molar-refractivity contribution in [3.05, 3.63) is 29.8 Å². The molecule has 0 bridgehead atoms. The molecular weight excluding hydrogens is 254 g/mol. The molecule has 0 aromatic heterocycles. The third-order valence-electron chi connectivity index (χ3n) is 3.99. The van der Waals surface area contributed by atoms with Gasteiger partial charge in [0.05, 0.1) is 5.92 Å². The molecule has 1 aromatic carbocycles. The second-order valence-electron chi connectivity index (χ2n) is 5.34. The second-order valence-corrected chi connectivity index (χ2v) is 5.34. The third kappa shape index (κ3) is 2.67. The SMILES string of the molecule is O=C1CCC(c2cccc(N3CCNCC3)c2)C(=O)N1.[HH]. The molecule has 2 aliphatic heterocycles. The summed E-state index contributed by atoms with van der Waals surface area (Å²) in [7, 11) is 0. The maximum atomic E-state index is 11.9. The predicted octanol–water partition coefficient (Wildman–Crippen LogP) is 0.862. The van der Waals surface area contributed by atoms with Crippen molar-refractivity contribution in [2.75, 3.05) is 31.1 Å². The lowest BCUT2D eigenvalue weighted by molar-refractivity contribution is -0.134. The van der Waals surface area contributed by atoms with E-state index in [-0.39, 0.29) is 19.2 Å². The molecule has 2 fully saturated rings. The minimum atomic E-state index is -0.199. The Bertz CT molecular complexity index is 529. The van der Waals surface area contributed by atoms with Crippen LogP contribution in [0.15, 0.2) is 24.3 Å². The van der Waals surface area contributed by atoms with E-state index in [9.17, 15) is 9.59 Å². The summed E-state index contributed by atoms with van der Waals surface area (Å²) in [6.45, 7) is 3.95. The van der Waals surface area contributed by atoms with Crippen molar-refractivity contribution in [2.24, 2.45) is 0 Å². The minimum absolute atomic E-state index is 0. The molecule has 3 rings (SSSR count). The molecule has 20 heavy (non-hydrogen) atoms. The number of anilines is 1. The van der Waals surface area contributed by atoms with Gasteiger partial charge in [0.15, 0.2) is 0 Å². The Kier molecular flexibility index (Phi) is 3.69. The first-order chi connectivity index (χ1) is 9.74. The van der Waals surface area contributed by atoms with E-state index < -0.39 is 0 Å². The number of piperazine rings is 1. The molecule has 0 aliphatic carbocycles. The molecule has 2 heterocycles. The maximum absolute atomic E-state index is 11.9. The lowest BCUT2D eigenvalue weighted by atomic mass is 9.90. The highest BCUT2D eigenvalue weighted by Gasteiger charge is 2.28. The normalized spacial score (nSPS) is 23.6. The number of amides is 2. The molecule has 2 amide bonds. The molecule has 1 unspecified atom stereocenters. The van der Waals surface area contributed by atoms with Crippen LogP contribution in [0, 0.1) is 0 Å². The van der Waals surface area contributed by atoms with Gasteiger partial charge in [-0.1, -0.05) is 12.1 Å². The number of carbonyl (C=O) groups excluding carboxylic acids is 2. The van der Waals surface area contributed by atoms with Crippen molar-refractivity contribution in [1.82, 2.24) is 10.6 Å². The zero-order valence-corrected chi connectivity index (χ0v) is 11.4. The van der Waals surface area contributed by atoms with E-state index in [4.69, 9.17) is 0 Å². The number of hydrogen-bond donors (Lipinski definition) is 2. The van der Waals surface area contributed by atoms with Gasteiger partial charge in [-0.3, -0.25) is 14.9 Å². The Hall–Kier alpha value is -1.88. The number of benzene rings is 1. The first-order valence-electron chi connectivity index (χ1n) is 7.13. The number of nitrogens with zero attached hydrogens (tertiary/aromatic N) is 1. The van der Waals surface area contributed by atoms with Crippen LogP contribution in [-0.2, 0) is 9.59 Å². The predicted molar refractivity (Wildman–Crippen MR) is 78.8 cm³/mol. The quantitative estimate of drug-likeness (QED) is 0.786. The van der Waals surface area contributed by atoms with E-state index in [2.05, 4.69) is 27.7 Å². The molecule has 0 radical (unpaired) electrons. The molecule has 0 spiro atoms. The Morgan fingerprint density at radius 1 is 1.20 bits per heavy atom. The third-order valence-corrected chi connectivity index (χ3v) is 3.99. The Morgan fingerprint density at radius 3 is 2.75 bits per heavy atom. The van der Waals surface area contributed by atoms with Gasteiger partial charge in [-0.2, -0.15) is 0 Å². The molecular formula is C15H21N3O2. The van der Waals surface area contributed by atoms with Crippen molar-refractivity contribution in [3.63, 3.8) is 0 Å². The Labute approximate surface area is 119 Å². The second kappa shape index (κ2) is 5.63. The van der Waals surface area contributed by atoms with E-state index in [1.54, 1.807) is 0 Å². The zero-order chi connectivity index (χ0) is 13.9. The van der Waals surface area contributed by atoms with Gasteiger partial charge < -0.3 is 10.2 Å². The van der Waals surface area contributed by atoms with E-state index in [0.717, 1.165) is 37.4 Å². The van der Waals surface area contributed by atoms with Gasteiger partial charge in [-0.15, -0.1) is 0 Å². The smallest absolute Gasteiger partial charge is 0.234 e. The number of hydrogen-bond acceptors (Lipinski definition) is 4. The average Bonchev–Trinajstić information content (AvgIpc) is 2.48. The first kappa shape index (κ1) is 13.1. The van der Waals surface area contributed by atoms with Gasteiger partial charge >= 0.3 is 0 Å². The summed E-state index contributed by atoms with van der Waals surface area (Å²) in [5, 5.41) is 5.76. The lowest BCUT2D eigenvalue weighted by Crippen LogP contribution is -2.43. The number of carbonyl (C=O) groups is 2. The molecule has 0 saturated carbocycles. The summed E-state index contributed by atoms with van der Waals surface area (Å²) < 4.78 is 0. The minimum Gasteiger partial charge on any atom is -0.369 e. The Balaban J connectivity index is 0.00000161. The summed E-state index contributed by atoms with van der Waals surface area (Å²) in [6.07, 6.45) is 1.03. The molecule has 108 valence electrons. The topological polar surface area (TPSA) is 61.4 Å². The monoisotopic (exact) mass is 275 g/mol. The van der Waals surface area contributed by atoms with Crippen LogP contribution >= 0.6 is 0 Å². The first-order valence-corrected chi connectivity index (χ1v) is 7.13. The van der Waals surface area contributed by atoms with E-state index in [1.807, 2.05) is 12.1 Å². The van der Waals surface area contributed by atoms with E-state index in [1.165, 1.54) is 0 Å². The van der Waals surface area contributed by atoms with Crippen molar-refractivity contribution in [2.45, 2.75) is 18.8 Å². The summed E-state index contributed by atoms with van der Waals surface area (Å²) >= 11 is 0. The highest BCUT2D eigenvalue weighted by atomic mass is 16.2. The number of imide groups is 1. The van der Waals surface area contributed by atoms with Crippen LogP contribution in [0.2, 0.25) is 0 Å². The number of rotatable bonds is 2. The van der Waals surface area contributed by atoms with Crippen molar-refractivity contribution >= 4 is 17.5 Å². The van der Waals surface area contributed by atoms with Gasteiger partial charge in [0.25, 0.3) is 0 Å². The van der Waals surface area contributed by atoms with Gasteiger partial charge in [-0.25, -0.2) is 0 Å². The van der Waals surface area contributed by atoms with Crippen LogP contribution in [0.25, 0.3) is 0 Å². The van der Waals surface area contributed by atoms with Crippen molar-refractivity contribution in [1.29, 1.82) is 0 Å².